The first kappa shape index (κ1) is 17.9. The highest BCUT2D eigenvalue weighted by atomic mass is 35.5. The van der Waals surface area contributed by atoms with Gasteiger partial charge in [-0.3, -0.25) is 0 Å². The van der Waals surface area contributed by atoms with Crippen LogP contribution < -0.4 is 5.32 Å². The molecular formula is C19H22ClF2N3. The highest BCUT2D eigenvalue weighted by Crippen LogP contribution is 2.37. The number of hydrogen-bond donors (Lipinski definition) is 2. The van der Waals surface area contributed by atoms with E-state index in [4.69, 9.17) is 11.6 Å². The van der Waals surface area contributed by atoms with E-state index in [-0.39, 0.29) is 11.3 Å². The lowest BCUT2D eigenvalue weighted by atomic mass is 9.95. The Kier molecular flexibility index (Phi) is 5.13. The van der Waals surface area contributed by atoms with Crippen LogP contribution in [0.1, 0.15) is 51.1 Å². The zero-order valence-corrected chi connectivity index (χ0v) is 15.4. The van der Waals surface area contributed by atoms with Gasteiger partial charge in [0.2, 0.25) is 0 Å². The van der Waals surface area contributed by atoms with Crippen LogP contribution in [0.3, 0.4) is 0 Å². The number of H-pyrrole nitrogens is 1. The molecular weight excluding hydrogens is 344 g/mol. The molecule has 0 saturated carbocycles. The van der Waals surface area contributed by atoms with Gasteiger partial charge in [0.25, 0.3) is 0 Å². The van der Waals surface area contributed by atoms with Crippen molar-refractivity contribution >= 4 is 39.2 Å². The molecule has 0 saturated heterocycles. The Morgan fingerprint density at radius 2 is 2.04 bits per heavy atom. The standard InChI is InChI=1S/C19H22ClF2N3/c1-4-6-7-10(5-2)17-12(20)8-11-15-16(22)13(21)9-14(23-3)18(15)25-19(11)24-17/h8-10,23H,4-7H2,1-3H3,(H,24,25). The van der Waals surface area contributed by atoms with Crippen LogP contribution in [0.2, 0.25) is 5.02 Å². The fourth-order valence-electron chi connectivity index (χ4n) is 3.38. The van der Waals surface area contributed by atoms with Crippen molar-refractivity contribution in [1.29, 1.82) is 0 Å². The number of nitrogens with one attached hydrogen (secondary N) is 2. The molecule has 0 bridgehead atoms. The van der Waals surface area contributed by atoms with Gasteiger partial charge in [0.1, 0.15) is 5.65 Å². The van der Waals surface area contributed by atoms with Gasteiger partial charge >= 0.3 is 0 Å². The molecule has 2 N–H and O–H groups in total. The van der Waals surface area contributed by atoms with E-state index in [2.05, 4.69) is 29.1 Å². The smallest absolute Gasteiger partial charge is 0.169 e. The summed E-state index contributed by atoms with van der Waals surface area (Å²) < 4.78 is 28.3. The first-order chi connectivity index (χ1) is 12.0. The maximum absolute atomic E-state index is 14.4. The molecule has 6 heteroatoms. The third-order valence-electron chi connectivity index (χ3n) is 4.79. The molecule has 0 amide bonds. The Labute approximate surface area is 150 Å². The summed E-state index contributed by atoms with van der Waals surface area (Å²) in [4.78, 5) is 7.81. The number of hydrogen-bond acceptors (Lipinski definition) is 2. The van der Waals surface area contributed by atoms with Crippen molar-refractivity contribution in [2.24, 2.45) is 0 Å². The summed E-state index contributed by atoms with van der Waals surface area (Å²) in [6.07, 6.45) is 4.16. The lowest BCUT2D eigenvalue weighted by Gasteiger charge is -2.15. The van der Waals surface area contributed by atoms with Crippen molar-refractivity contribution in [3.63, 3.8) is 0 Å². The second-order valence-electron chi connectivity index (χ2n) is 6.34. The van der Waals surface area contributed by atoms with Crippen molar-refractivity contribution in [3.05, 3.63) is 34.5 Å². The summed E-state index contributed by atoms with van der Waals surface area (Å²) in [5.74, 6) is -1.52. The second-order valence-corrected chi connectivity index (χ2v) is 6.75. The van der Waals surface area contributed by atoms with E-state index < -0.39 is 11.6 Å². The Morgan fingerprint density at radius 1 is 1.28 bits per heavy atom. The third kappa shape index (κ3) is 3.06. The van der Waals surface area contributed by atoms with Crippen LogP contribution in [0.5, 0.6) is 0 Å². The number of benzene rings is 1. The van der Waals surface area contributed by atoms with Crippen LogP contribution in [0.25, 0.3) is 21.9 Å². The van der Waals surface area contributed by atoms with Crippen molar-refractivity contribution in [1.82, 2.24) is 9.97 Å². The summed E-state index contributed by atoms with van der Waals surface area (Å²) >= 11 is 6.47. The van der Waals surface area contributed by atoms with Gasteiger partial charge in [-0.1, -0.05) is 38.3 Å². The Balaban J connectivity index is 2.25. The minimum absolute atomic E-state index is 0.182. The average Bonchev–Trinajstić information content (AvgIpc) is 2.97. The number of nitrogens with zero attached hydrogens (tertiary/aromatic N) is 1. The zero-order chi connectivity index (χ0) is 18.1. The first-order valence-electron chi connectivity index (χ1n) is 8.69. The zero-order valence-electron chi connectivity index (χ0n) is 14.6. The van der Waals surface area contributed by atoms with E-state index in [9.17, 15) is 8.78 Å². The molecule has 3 aromatic rings. The van der Waals surface area contributed by atoms with Crippen molar-refractivity contribution in [2.75, 3.05) is 12.4 Å². The number of anilines is 1. The summed E-state index contributed by atoms with van der Waals surface area (Å²) in [5.41, 5.74) is 2.34. The van der Waals surface area contributed by atoms with Gasteiger partial charge in [-0.25, -0.2) is 13.8 Å². The van der Waals surface area contributed by atoms with Crippen molar-refractivity contribution in [2.45, 2.75) is 45.4 Å². The maximum Gasteiger partial charge on any atom is 0.169 e. The molecule has 0 aliphatic carbocycles. The number of unbranched alkanes of at least 4 members (excludes halogenated alkanes) is 1. The van der Waals surface area contributed by atoms with Crippen molar-refractivity contribution < 1.29 is 8.78 Å². The number of aromatic nitrogens is 2. The molecule has 1 aromatic carbocycles. The van der Waals surface area contributed by atoms with Crippen LogP contribution in [-0.4, -0.2) is 17.0 Å². The van der Waals surface area contributed by atoms with E-state index in [0.717, 1.165) is 37.4 Å². The van der Waals surface area contributed by atoms with Crippen molar-refractivity contribution in [3.8, 4) is 0 Å². The lowest BCUT2D eigenvalue weighted by Crippen LogP contribution is -2.02. The molecule has 134 valence electrons. The molecule has 2 heterocycles. The number of halogens is 3. The molecule has 25 heavy (non-hydrogen) atoms. The molecule has 0 aliphatic heterocycles. The van der Waals surface area contributed by atoms with Gasteiger partial charge in [-0.05, 0) is 18.9 Å². The number of fused-ring (bicyclic) bond motifs is 3. The molecule has 0 spiro atoms. The fraction of sp³-hybridized carbons (Fsp3) is 0.421. The topological polar surface area (TPSA) is 40.7 Å². The monoisotopic (exact) mass is 365 g/mol. The van der Waals surface area contributed by atoms with Crippen LogP contribution >= 0.6 is 11.6 Å². The molecule has 1 atom stereocenters. The summed E-state index contributed by atoms with van der Waals surface area (Å²) in [6.45, 7) is 4.27. The minimum atomic E-state index is -0.896. The fourth-order valence-corrected chi connectivity index (χ4v) is 3.69. The molecule has 0 fully saturated rings. The largest absolute Gasteiger partial charge is 0.386 e. The minimum Gasteiger partial charge on any atom is -0.386 e. The lowest BCUT2D eigenvalue weighted by molar-refractivity contribution is 0.518. The Bertz CT molecular complexity index is 920. The van der Waals surface area contributed by atoms with E-state index >= 15 is 0 Å². The van der Waals surface area contributed by atoms with Gasteiger partial charge in [0.05, 0.1) is 21.9 Å². The summed E-state index contributed by atoms with van der Waals surface area (Å²) in [6, 6.07) is 2.85. The molecule has 1 unspecified atom stereocenters. The van der Waals surface area contributed by atoms with Crippen LogP contribution in [-0.2, 0) is 0 Å². The van der Waals surface area contributed by atoms with Gasteiger partial charge in [-0.2, -0.15) is 0 Å². The van der Waals surface area contributed by atoms with Gasteiger partial charge in [0, 0.05) is 29.8 Å². The second kappa shape index (κ2) is 7.16. The highest BCUT2D eigenvalue weighted by molar-refractivity contribution is 6.32. The SMILES string of the molecule is CCCCC(CC)c1nc2[nH]c3c(NC)cc(F)c(F)c3c2cc1Cl. The Hall–Kier alpha value is -1.88. The van der Waals surface area contributed by atoms with Crippen LogP contribution in [0, 0.1) is 11.6 Å². The van der Waals surface area contributed by atoms with Gasteiger partial charge in [-0.15, -0.1) is 0 Å². The predicted octanol–water partition coefficient (Wildman–Crippen LogP) is 6.37. The maximum atomic E-state index is 14.4. The molecule has 3 nitrogen and oxygen atoms in total. The van der Waals surface area contributed by atoms with Gasteiger partial charge < -0.3 is 10.3 Å². The first-order valence-corrected chi connectivity index (χ1v) is 9.07. The van der Waals surface area contributed by atoms with E-state index in [1.165, 1.54) is 0 Å². The normalized spacial score (nSPS) is 12.9. The van der Waals surface area contributed by atoms with Crippen LogP contribution in [0.15, 0.2) is 12.1 Å². The Morgan fingerprint density at radius 3 is 2.68 bits per heavy atom. The third-order valence-corrected chi connectivity index (χ3v) is 5.09. The van der Waals surface area contributed by atoms with E-state index in [1.54, 1.807) is 13.1 Å². The van der Waals surface area contributed by atoms with Gasteiger partial charge in [0.15, 0.2) is 11.6 Å². The molecule has 0 radical (unpaired) electrons. The number of rotatable bonds is 6. The number of pyridine rings is 1. The average molecular weight is 366 g/mol. The highest BCUT2D eigenvalue weighted by Gasteiger charge is 2.21. The quantitative estimate of drug-likeness (QED) is 0.532. The van der Waals surface area contributed by atoms with Crippen LogP contribution in [0.4, 0.5) is 14.5 Å². The predicted molar refractivity (Wildman–Crippen MR) is 101 cm³/mol. The van der Waals surface area contributed by atoms with E-state index in [0.29, 0.717) is 27.3 Å². The molecule has 3 rings (SSSR count). The van der Waals surface area contributed by atoms with E-state index in [1.807, 2.05) is 0 Å². The summed E-state index contributed by atoms with van der Waals surface area (Å²) in [7, 11) is 1.67. The number of aromatic amines is 1. The molecule has 0 aliphatic rings. The summed E-state index contributed by atoms with van der Waals surface area (Å²) in [5, 5.41) is 4.08. The molecule has 2 aromatic heterocycles.